The number of halogens is 1. The minimum Gasteiger partial charge on any atom is -0.396 e. The number of aliphatic hydroxyl groups is 3. The van der Waals surface area contributed by atoms with Gasteiger partial charge in [0.2, 0.25) is 0 Å². The lowest BCUT2D eigenvalue weighted by Gasteiger charge is -2.28. The Labute approximate surface area is 619 Å². The Morgan fingerprint density at radius 1 is 0.439 bits per heavy atom. The number of alkyl halides is 1. The molecule has 0 aromatic heterocycles. The molecule has 12 unspecified atom stereocenters. The van der Waals surface area contributed by atoms with Gasteiger partial charge in [-0.05, 0) is 231 Å². The summed E-state index contributed by atoms with van der Waals surface area (Å²) in [6, 6.07) is 3.42. The quantitative estimate of drug-likeness (QED) is 0.0293. The number of aliphatic hydroxyl groups excluding tert-OH is 3. The molecule has 0 aromatic rings. The van der Waals surface area contributed by atoms with Crippen LogP contribution in [0.5, 0.6) is 0 Å². The van der Waals surface area contributed by atoms with Gasteiger partial charge in [-0.2, -0.15) is 0 Å². The van der Waals surface area contributed by atoms with Crippen molar-refractivity contribution < 1.29 is 19.7 Å². The fourth-order valence-electron chi connectivity index (χ4n) is 11.9. The Morgan fingerprint density at radius 3 is 1.09 bits per heavy atom. The van der Waals surface area contributed by atoms with E-state index in [2.05, 4.69) is 217 Å². The van der Waals surface area contributed by atoms with E-state index in [1.165, 1.54) is 116 Å². The Balaban J connectivity index is -0.000000151. The zero-order valence-electron chi connectivity index (χ0n) is 72.9. The first kappa shape index (κ1) is 113. The Hall–Kier alpha value is -0.510. The van der Waals surface area contributed by atoms with E-state index < -0.39 is 6.17 Å². The van der Waals surface area contributed by atoms with Crippen LogP contribution in [0.4, 0.5) is 4.39 Å². The van der Waals surface area contributed by atoms with Crippen LogP contribution in [0.1, 0.15) is 375 Å². The zero-order valence-corrected chi connectivity index (χ0v) is 72.9. The van der Waals surface area contributed by atoms with Gasteiger partial charge >= 0.3 is 0 Å². The summed E-state index contributed by atoms with van der Waals surface area (Å²) in [5.74, 6) is 11.6. The van der Waals surface area contributed by atoms with Crippen LogP contribution in [0, 0.1) is 88.8 Å². The van der Waals surface area contributed by atoms with E-state index in [4.69, 9.17) is 44.0 Å². The van der Waals surface area contributed by atoms with Gasteiger partial charge in [0.1, 0.15) is 6.17 Å². The number of hydrogen-bond donors (Lipinski definition) is 11. The Bertz CT molecular complexity index is 1390. The third kappa shape index (κ3) is 104. The van der Waals surface area contributed by atoms with Crippen molar-refractivity contribution >= 4 is 0 Å². The van der Waals surface area contributed by atoms with Gasteiger partial charge in [0.25, 0.3) is 0 Å². The van der Waals surface area contributed by atoms with Gasteiger partial charge in [-0.25, -0.2) is 4.39 Å². The van der Waals surface area contributed by atoms with Gasteiger partial charge in [0.15, 0.2) is 0 Å². The summed E-state index contributed by atoms with van der Waals surface area (Å²) in [4.78, 5) is 0. The maximum absolute atomic E-state index is 12.6. The van der Waals surface area contributed by atoms with E-state index in [1.54, 1.807) is 0 Å². The molecule has 0 aromatic carbocycles. The van der Waals surface area contributed by atoms with Gasteiger partial charge in [-0.3, -0.25) is 0 Å². The van der Waals surface area contributed by atoms with Gasteiger partial charge < -0.3 is 59.9 Å². The van der Waals surface area contributed by atoms with Crippen LogP contribution in [-0.4, -0.2) is 109 Å². The van der Waals surface area contributed by atoms with E-state index in [-0.39, 0.29) is 18.8 Å². The first-order chi connectivity index (χ1) is 45.4. The molecule has 16 N–H and O–H groups in total. The van der Waals surface area contributed by atoms with Crippen LogP contribution < -0.4 is 44.6 Å². The summed E-state index contributed by atoms with van der Waals surface area (Å²) >= 11 is 0. The highest BCUT2D eigenvalue weighted by Crippen LogP contribution is 2.30. The van der Waals surface area contributed by atoms with Crippen LogP contribution in [0.15, 0.2) is 0 Å². The average molecular weight is 1410 g/mol. The third-order valence-electron chi connectivity index (χ3n) is 17.7. The number of hydrogen-bond acceptors (Lipinski definition) is 11. The second kappa shape index (κ2) is 79.1. The van der Waals surface area contributed by atoms with Crippen LogP contribution in [-0.2, 0) is 0 Å². The summed E-state index contributed by atoms with van der Waals surface area (Å²) in [6.45, 7) is 72.6. The summed E-state index contributed by atoms with van der Waals surface area (Å²) in [7, 11) is 0. The molecule has 11 nitrogen and oxygen atoms in total. The third-order valence-corrected chi connectivity index (χ3v) is 17.7. The molecule has 604 valence electrons. The van der Waals surface area contributed by atoms with Crippen molar-refractivity contribution in [2.75, 3.05) is 39.4 Å². The highest BCUT2D eigenvalue weighted by Gasteiger charge is 2.26. The molecular formula is C86H195FN8O3. The molecule has 3 heterocycles. The van der Waals surface area contributed by atoms with E-state index in [9.17, 15) is 4.39 Å². The standard InChI is InChI=1S/C8H16FN.2C8H17N.2C8H18O.C8H18.C7H15N.C7H17N.C7H16.C6H15NO.C6H15N.C5H13N/c1-6(2)3-8-4-7(9)5-10-8;1-7(2)6-8-4-3-5-9-8;1-6(2)7-4-3-5-8(7)9;1-6(2)5-7(3)8(4)9;1-8(2)6-4-3-5-7-9;1-5-8(4)6-7(2)3;1-6(2)5-7-3-4-8-7;1-4-7(8)5-6(2)3;1-4-5-6-7(2)3;1-5(2)3-6(7)4-8;1-5(2)4-6(3)7;1-5(2)3-4-6/h6-8,10H,3-5H2,1-2H3;7-9H,3-6H2,1-2H3;6-8H,3-5,9H2,1-2H3;6-9H,5H2,1-4H3;8-9H,3-7H2,1-2H3;7-8H,5-6H2,1-4H3;6-8H,3-5H2,1-2H3;6-7H,4-5,8H2,1-3H3;7H,4-6H2,1-3H3;5-6,8H,3-4,7H2,1-2H3;5-6H,4,7H2,1-3H3;5H,3-4,6H2,1-2H3. The summed E-state index contributed by atoms with van der Waals surface area (Å²) < 4.78 is 12.6. The highest BCUT2D eigenvalue weighted by atomic mass is 19.1. The van der Waals surface area contributed by atoms with Crippen LogP contribution in [0.3, 0.4) is 0 Å². The first-order valence-electron chi connectivity index (χ1n) is 41.9. The molecule has 4 rings (SSSR count). The van der Waals surface area contributed by atoms with Crippen molar-refractivity contribution in [2.45, 2.75) is 430 Å². The maximum Gasteiger partial charge on any atom is 0.114 e. The van der Waals surface area contributed by atoms with E-state index in [0.717, 1.165) is 142 Å². The fourth-order valence-corrected chi connectivity index (χ4v) is 11.9. The molecule has 0 spiro atoms. The van der Waals surface area contributed by atoms with Gasteiger partial charge in [-0.15, -0.1) is 0 Å². The second-order valence-electron chi connectivity index (χ2n) is 35.5. The Morgan fingerprint density at radius 2 is 0.888 bits per heavy atom. The SMILES string of the molecule is CC(C)C1CCCC1N.CC(C)CC(C)C(C)O.CC(C)CC(C)N.CC(C)CC(N)CO.CC(C)CC1CC(F)CN1.CC(C)CC1CCCN1.CC(C)CC1CCN1.CC(C)CCCCCO.CC(C)CCN.CCC(C)CC(C)C.CCC(N)CC(C)C.CCCCC(C)C. The molecule has 1 saturated carbocycles. The van der Waals surface area contributed by atoms with Crippen molar-refractivity contribution in [3.05, 3.63) is 0 Å². The van der Waals surface area contributed by atoms with Crippen LogP contribution in [0.25, 0.3) is 0 Å². The van der Waals surface area contributed by atoms with E-state index in [0.29, 0.717) is 61.0 Å². The molecule has 12 atom stereocenters. The van der Waals surface area contributed by atoms with E-state index in [1.807, 2.05) is 13.8 Å². The number of nitrogens with one attached hydrogen (secondary N) is 3. The lowest BCUT2D eigenvalue weighted by molar-refractivity contribution is 0.122. The van der Waals surface area contributed by atoms with Crippen molar-refractivity contribution in [3.63, 3.8) is 0 Å². The molecule has 1 aliphatic carbocycles. The number of rotatable bonds is 31. The smallest absolute Gasteiger partial charge is 0.114 e. The fraction of sp³-hybridized carbons (Fsp3) is 1.00. The minimum absolute atomic E-state index is 0.0185. The van der Waals surface area contributed by atoms with Gasteiger partial charge in [-0.1, -0.05) is 252 Å². The lowest BCUT2D eigenvalue weighted by Crippen LogP contribution is -2.43. The van der Waals surface area contributed by atoms with Crippen LogP contribution >= 0.6 is 0 Å². The molecule has 0 radical (unpaired) electrons. The van der Waals surface area contributed by atoms with Crippen LogP contribution in [0.2, 0.25) is 0 Å². The molecule has 4 aliphatic rings. The maximum atomic E-state index is 12.6. The Kier molecular flexibility index (Phi) is 91.4. The van der Waals surface area contributed by atoms with Crippen molar-refractivity contribution in [3.8, 4) is 0 Å². The number of nitrogens with two attached hydrogens (primary N) is 5. The monoisotopic (exact) mass is 1410 g/mol. The number of unbranched alkanes of at least 4 members (excludes halogenated alkanes) is 3. The molecular weight excluding hydrogens is 1210 g/mol. The molecule has 4 fully saturated rings. The lowest BCUT2D eigenvalue weighted by atomic mass is 9.92. The van der Waals surface area contributed by atoms with Crippen molar-refractivity contribution in [1.29, 1.82) is 0 Å². The first-order valence-corrected chi connectivity index (χ1v) is 41.9. The van der Waals surface area contributed by atoms with Crippen molar-refractivity contribution in [1.82, 2.24) is 16.0 Å². The second-order valence-corrected chi connectivity index (χ2v) is 35.5. The molecule has 3 saturated heterocycles. The topological polar surface area (TPSA) is 227 Å². The zero-order chi connectivity index (χ0) is 77.9. The largest absolute Gasteiger partial charge is 0.396 e. The molecule has 0 bridgehead atoms. The normalized spacial score (nSPS) is 20.2. The predicted octanol–water partition coefficient (Wildman–Crippen LogP) is 21.3. The van der Waals surface area contributed by atoms with Crippen molar-refractivity contribution in [2.24, 2.45) is 117 Å². The van der Waals surface area contributed by atoms with Gasteiger partial charge in [0.05, 0.1) is 12.7 Å². The molecule has 98 heavy (non-hydrogen) atoms. The minimum atomic E-state index is -0.594. The summed E-state index contributed by atoms with van der Waals surface area (Å²) in [5, 5.41) is 36.0. The predicted molar refractivity (Wildman–Crippen MR) is 445 cm³/mol. The molecule has 12 heteroatoms. The summed E-state index contributed by atoms with van der Waals surface area (Å²) in [6.07, 6.45) is 30.2. The van der Waals surface area contributed by atoms with Gasteiger partial charge in [0, 0.05) is 55.4 Å². The molecule has 3 aliphatic heterocycles. The molecule has 0 amide bonds. The van der Waals surface area contributed by atoms with E-state index >= 15 is 0 Å². The summed E-state index contributed by atoms with van der Waals surface area (Å²) in [5.41, 5.74) is 27.7. The average Bonchev–Trinajstić information content (AvgIpc) is 1.77. The highest BCUT2D eigenvalue weighted by molar-refractivity contribution is 4.83.